The predicted octanol–water partition coefficient (Wildman–Crippen LogP) is 3.33. The van der Waals surface area contributed by atoms with Gasteiger partial charge >= 0.3 is 12.0 Å². The lowest BCUT2D eigenvalue weighted by atomic mass is 10.3. The monoisotopic (exact) mass is 353 g/mol. The molecule has 0 radical (unpaired) electrons. The molecule has 0 atom stereocenters. The molecule has 2 aromatic rings. The average Bonchev–Trinajstić information content (AvgIpc) is 2.42. The van der Waals surface area contributed by atoms with Gasteiger partial charge in [-0.3, -0.25) is 0 Å². The van der Waals surface area contributed by atoms with Gasteiger partial charge in [-0.2, -0.15) is 0 Å². The van der Waals surface area contributed by atoms with Crippen LogP contribution in [0.25, 0.3) is 0 Å². The number of rotatable bonds is 3. The lowest BCUT2D eigenvalue weighted by molar-refractivity contribution is 0.0691. The Hall–Kier alpha value is -2.48. The number of hydrogen-bond acceptors (Lipinski definition) is 3. The normalized spacial score (nSPS) is 10.0. The number of nitrogens with one attached hydrogen (secondary N) is 2. The summed E-state index contributed by atoms with van der Waals surface area (Å²) in [5.41, 5.74) is -0.319. The first-order valence-corrected chi connectivity index (χ1v) is 6.48. The molecule has 21 heavy (non-hydrogen) atoms. The van der Waals surface area contributed by atoms with Crippen molar-refractivity contribution < 1.29 is 19.1 Å². The predicted molar refractivity (Wildman–Crippen MR) is 77.9 cm³/mol. The van der Waals surface area contributed by atoms with E-state index in [0.717, 1.165) is 0 Å². The second-order valence-corrected chi connectivity index (χ2v) is 4.82. The van der Waals surface area contributed by atoms with Crippen LogP contribution in [-0.2, 0) is 0 Å². The van der Waals surface area contributed by atoms with E-state index in [9.17, 15) is 14.0 Å². The molecule has 8 heteroatoms. The molecule has 2 amide bonds. The Labute approximate surface area is 127 Å². The average molecular weight is 354 g/mol. The van der Waals surface area contributed by atoms with E-state index in [2.05, 4.69) is 31.5 Å². The van der Waals surface area contributed by atoms with Crippen LogP contribution < -0.4 is 10.6 Å². The number of aromatic carboxylic acids is 1. The van der Waals surface area contributed by atoms with Gasteiger partial charge in [0.05, 0.1) is 11.4 Å². The van der Waals surface area contributed by atoms with Crippen molar-refractivity contribution >= 4 is 39.3 Å². The molecule has 0 fully saturated rings. The highest BCUT2D eigenvalue weighted by molar-refractivity contribution is 9.10. The van der Waals surface area contributed by atoms with Crippen molar-refractivity contribution in [2.24, 2.45) is 0 Å². The van der Waals surface area contributed by atoms with Crippen molar-refractivity contribution in [3.63, 3.8) is 0 Å². The molecular formula is C13H9BrFN3O3. The molecule has 2 rings (SSSR count). The summed E-state index contributed by atoms with van der Waals surface area (Å²) in [5.74, 6) is -1.90. The number of halogens is 2. The van der Waals surface area contributed by atoms with Crippen LogP contribution in [0.1, 0.15) is 10.5 Å². The Kier molecular flexibility index (Phi) is 4.49. The zero-order valence-corrected chi connectivity index (χ0v) is 12.0. The number of carboxylic acids is 1. The van der Waals surface area contributed by atoms with Crippen LogP contribution in [-0.4, -0.2) is 22.1 Å². The molecular weight excluding hydrogens is 345 g/mol. The van der Waals surface area contributed by atoms with Crippen LogP contribution in [0.2, 0.25) is 0 Å². The number of benzene rings is 1. The number of aromatic nitrogens is 1. The number of anilines is 2. The number of nitrogens with zero attached hydrogens (tertiary/aromatic N) is 1. The summed E-state index contributed by atoms with van der Waals surface area (Å²) in [7, 11) is 0. The van der Waals surface area contributed by atoms with Gasteiger partial charge in [-0.1, -0.05) is 15.9 Å². The lowest BCUT2D eigenvalue weighted by Gasteiger charge is -2.10. The Morgan fingerprint density at radius 3 is 2.57 bits per heavy atom. The van der Waals surface area contributed by atoms with Crippen LogP contribution >= 0.6 is 15.9 Å². The van der Waals surface area contributed by atoms with Crippen molar-refractivity contribution in [1.29, 1.82) is 0 Å². The number of carboxylic acid groups (broad SMARTS) is 1. The molecule has 0 aliphatic rings. The van der Waals surface area contributed by atoms with Crippen molar-refractivity contribution in [1.82, 2.24) is 4.98 Å². The van der Waals surface area contributed by atoms with E-state index in [1.165, 1.54) is 30.5 Å². The largest absolute Gasteiger partial charge is 0.476 e. The van der Waals surface area contributed by atoms with Crippen LogP contribution in [0.15, 0.2) is 41.0 Å². The van der Waals surface area contributed by atoms with Gasteiger partial charge in [0.1, 0.15) is 5.82 Å². The molecule has 0 aliphatic carbocycles. The first kappa shape index (κ1) is 14.9. The minimum atomic E-state index is -1.28. The quantitative estimate of drug-likeness (QED) is 0.789. The highest BCUT2D eigenvalue weighted by Gasteiger charge is 2.14. The summed E-state index contributed by atoms with van der Waals surface area (Å²) >= 11 is 3.10. The molecule has 0 aliphatic heterocycles. The highest BCUT2D eigenvalue weighted by Crippen LogP contribution is 2.20. The van der Waals surface area contributed by atoms with Crippen LogP contribution in [0.4, 0.5) is 20.6 Å². The number of carbonyl (C=O) groups is 2. The number of hydrogen-bond donors (Lipinski definition) is 3. The first-order chi connectivity index (χ1) is 9.97. The van der Waals surface area contributed by atoms with E-state index >= 15 is 0 Å². The summed E-state index contributed by atoms with van der Waals surface area (Å²) in [4.78, 5) is 26.4. The Bertz CT molecular complexity index is 709. The number of carbonyl (C=O) groups excluding carboxylic acids is 1. The maximum atomic E-state index is 13.6. The molecule has 108 valence electrons. The van der Waals surface area contributed by atoms with Gasteiger partial charge in [0.2, 0.25) is 0 Å². The lowest BCUT2D eigenvalue weighted by Crippen LogP contribution is -2.22. The topological polar surface area (TPSA) is 91.3 Å². The standard InChI is InChI=1S/C13H9BrFN3O3/c14-7-3-4-9(8(15)6-7)17-13(21)18-10-2-1-5-16-11(10)12(19)20/h1-6H,(H,19,20)(H2,17,18,21). The Morgan fingerprint density at radius 1 is 1.19 bits per heavy atom. The van der Waals surface area contributed by atoms with Crippen molar-refractivity contribution in [2.45, 2.75) is 0 Å². The van der Waals surface area contributed by atoms with Gasteiger partial charge in [0.25, 0.3) is 0 Å². The maximum Gasteiger partial charge on any atom is 0.356 e. The van der Waals surface area contributed by atoms with Gasteiger partial charge in [-0.15, -0.1) is 0 Å². The molecule has 0 bridgehead atoms. The van der Waals surface area contributed by atoms with E-state index in [0.29, 0.717) is 4.47 Å². The van der Waals surface area contributed by atoms with E-state index in [1.54, 1.807) is 6.07 Å². The summed E-state index contributed by atoms with van der Waals surface area (Å²) < 4.78 is 14.1. The maximum absolute atomic E-state index is 13.6. The zero-order chi connectivity index (χ0) is 15.4. The first-order valence-electron chi connectivity index (χ1n) is 5.69. The number of amides is 2. The molecule has 0 saturated carbocycles. The van der Waals surface area contributed by atoms with Crippen LogP contribution in [0.3, 0.4) is 0 Å². The smallest absolute Gasteiger partial charge is 0.356 e. The fraction of sp³-hybridized carbons (Fsp3) is 0. The molecule has 3 N–H and O–H groups in total. The van der Waals surface area contributed by atoms with E-state index in [4.69, 9.17) is 5.11 Å². The van der Waals surface area contributed by atoms with E-state index in [1.807, 2.05) is 0 Å². The van der Waals surface area contributed by atoms with Crippen LogP contribution in [0.5, 0.6) is 0 Å². The zero-order valence-electron chi connectivity index (χ0n) is 10.4. The molecule has 0 unspecified atom stereocenters. The highest BCUT2D eigenvalue weighted by atomic mass is 79.9. The minimum absolute atomic E-state index is 0.0139. The second kappa shape index (κ2) is 6.31. The number of pyridine rings is 1. The summed E-state index contributed by atoms with van der Waals surface area (Å²) in [5, 5.41) is 13.5. The third-order valence-corrected chi connectivity index (χ3v) is 2.93. The van der Waals surface area contributed by atoms with Crippen molar-refractivity contribution in [3.8, 4) is 0 Å². The molecule has 1 aromatic heterocycles. The molecule has 6 nitrogen and oxygen atoms in total. The Morgan fingerprint density at radius 2 is 1.90 bits per heavy atom. The fourth-order valence-electron chi connectivity index (χ4n) is 1.54. The van der Waals surface area contributed by atoms with Gasteiger partial charge in [-0.25, -0.2) is 19.0 Å². The van der Waals surface area contributed by atoms with Gasteiger partial charge < -0.3 is 15.7 Å². The Balaban J connectivity index is 2.14. The molecule has 1 heterocycles. The van der Waals surface area contributed by atoms with Crippen molar-refractivity contribution in [3.05, 3.63) is 52.5 Å². The van der Waals surface area contributed by atoms with E-state index in [-0.39, 0.29) is 17.1 Å². The second-order valence-electron chi connectivity index (χ2n) is 3.91. The third-order valence-electron chi connectivity index (χ3n) is 2.44. The molecule has 1 aromatic carbocycles. The van der Waals surface area contributed by atoms with Gasteiger partial charge in [-0.05, 0) is 30.3 Å². The van der Waals surface area contributed by atoms with Gasteiger partial charge in [0, 0.05) is 10.7 Å². The minimum Gasteiger partial charge on any atom is -0.476 e. The summed E-state index contributed by atoms with van der Waals surface area (Å²) in [6.07, 6.45) is 1.29. The summed E-state index contributed by atoms with van der Waals surface area (Å²) in [6.45, 7) is 0. The van der Waals surface area contributed by atoms with E-state index < -0.39 is 17.8 Å². The van der Waals surface area contributed by atoms with Crippen molar-refractivity contribution in [2.75, 3.05) is 10.6 Å². The molecule has 0 saturated heterocycles. The summed E-state index contributed by atoms with van der Waals surface area (Å²) in [6, 6.07) is 6.22. The van der Waals surface area contributed by atoms with Gasteiger partial charge in [0.15, 0.2) is 5.69 Å². The SMILES string of the molecule is O=C(Nc1ccc(Br)cc1F)Nc1cccnc1C(=O)O. The molecule has 0 spiro atoms. The number of urea groups is 1. The fourth-order valence-corrected chi connectivity index (χ4v) is 1.88. The third kappa shape index (κ3) is 3.76. The van der Waals surface area contributed by atoms with Crippen LogP contribution in [0, 0.1) is 5.82 Å².